The molecule has 0 aromatic heterocycles. The summed E-state index contributed by atoms with van der Waals surface area (Å²) in [7, 11) is 0. The van der Waals surface area contributed by atoms with Crippen LogP contribution in [-0.2, 0) is 0 Å². The van der Waals surface area contributed by atoms with Crippen molar-refractivity contribution in [3.05, 3.63) is 53.1 Å². The van der Waals surface area contributed by atoms with Gasteiger partial charge in [-0.05, 0) is 30.5 Å². The molecule has 0 fully saturated rings. The molecule has 0 heterocycles. The predicted molar refractivity (Wildman–Crippen MR) is 85.6 cm³/mol. The van der Waals surface area contributed by atoms with Crippen LogP contribution in [0.4, 0.5) is 0 Å². The van der Waals surface area contributed by atoms with Crippen molar-refractivity contribution in [1.82, 2.24) is 0 Å². The Labute approximate surface area is 126 Å². The van der Waals surface area contributed by atoms with Crippen LogP contribution in [-0.4, -0.2) is 11.2 Å². The van der Waals surface area contributed by atoms with Crippen LogP contribution in [0.5, 0.6) is 11.5 Å². The van der Waals surface area contributed by atoms with E-state index in [9.17, 15) is 0 Å². The average molecular weight is 310 g/mol. The topological polar surface area (TPSA) is 35.2 Å². The molecule has 2 aromatic rings. The molecule has 2 aromatic carbocycles. The summed E-state index contributed by atoms with van der Waals surface area (Å²) in [6.45, 7) is 0. The molecular formula is C14H12ClNOS2. The third-order valence-electron chi connectivity index (χ3n) is 2.50. The smallest absolute Gasteiger partial charge is 0.141 e. The van der Waals surface area contributed by atoms with Gasteiger partial charge in [-0.3, -0.25) is 0 Å². The monoisotopic (exact) mass is 309 g/mol. The lowest BCUT2D eigenvalue weighted by Crippen LogP contribution is -2.10. The van der Waals surface area contributed by atoms with Crippen molar-refractivity contribution in [1.29, 1.82) is 0 Å². The maximum atomic E-state index is 5.99. The van der Waals surface area contributed by atoms with Crippen LogP contribution in [0.25, 0.3) is 0 Å². The molecule has 19 heavy (non-hydrogen) atoms. The van der Waals surface area contributed by atoms with Gasteiger partial charge in [-0.15, -0.1) is 11.8 Å². The van der Waals surface area contributed by atoms with E-state index in [1.165, 1.54) is 0 Å². The first-order valence-electron chi connectivity index (χ1n) is 5.52. The highest BCUT2D eigenvalue weighted by Crippen LogP contribution is 2.34. The minimum absolute atomic E-state index is 0.285. The van der Waals surface area contributed by atoms with E-state index in [4.69, 9.17) is 34.3 Å². The van der Waals surface area contributed by atoms with Gasteiger partial charge in [0, 0.05) is 16.0 Å². The van der Waals surface area contributed by atoms with Crippen LogP contribution in [0.2, 0.25) is 5.02 Å². The number of hydrogen-bond donors (Lipinski definition) is 1. The maximum absolute atomic E-state index is 5.99. The molecule has 0 aliphatic heterocycles. The van der Waals surface area contributed by atoms with Gasteiger partial charge >= 0.3 is 0 Å². The van der Waals surface area contributed by atoms with E-state index in [2.05, 4.69) is 0 Å². The molecule has 0 aliphatic carbocycles. The summed E-state index contributed by atoms with van der Waals surface area (Å²) in [6, 6.07) is 13.0. The SMILES string of the molecule is CSc1ccccc1Oc1cc(Cl)ccc1C(N)=S. The average Bonchev–Trinajstić information content (AvgIpc) is 2.39. The second kappa shape index (κ2) is 6.28. The maximum Gasteiger partial charge on any atom is 0.141 e. The Balaban J connectivity index is 2.42. The molecule has 2 nitrogen and oxygen atoms in total. The zero-order valence-electron chi connectivity index (χ0n) is 10.2. The van der Waals surface area contributed by atoms with Crippen molar-refractivity contribution in [3.63, 3.8) is 0 Å². The molecular weight excluding hydrogens is 298 g/mol. The van der Waals surface area contributed by atoms with Gasteiger partial charge in [-0.25, -0.2) is 0 Å². The lowest BCUT2D eigenvalue weighted by molar-refractivity contribution is 0.470. The first-order chi connectivity index (χ1) is 9.11. The number of thiocarbonyl (C=S) groups is 1. The molecule has 98 valence electrons. The molecule has 0 atom stereocenters. The van der Waals surface area contributed by atoms with E-state index < -0.39 is 0 Å². The summed E-state index contributed by atoms with van der Waals surface area (Å²) in [4.78, 5) is 1.32. The second-order valence-corrected chi connectivity index (χ2v) is 5.48. The second-order valence-electron chi connectivity index (χ2n) is 3.76. The lowest BCUT2D eigenvalue weighted by atomic mass is 10.2. The van der Waals surface area contributed by atoms with Crippen molar-refractivity contribution in [2.75, 3.05) is 6.26 Å². The number of ether oxygens (including phenoxy) is 1. The van der Waals surface area contributed by atoms with Gasteiger partial charge in [0.1, 0.15) is 16.5 Å². The van der Waals surface area contributed by atoms with Crippen LogP contribution < -0.4 is 10.5 Å². The number of thioether (sulfide) groups is 1. The quantitative estimate of drug-likeness (QED) is 0.667. The Kier molecular flexibility index (Phi) is 4.69. The van der Waals surface area contributed by atoms with Crippen LogP contribution in [0.15, 0.2) is 47.4 Å². The van der Waals surface area contributed by atoms with Crippen LogP contribution in [0.3, 0.4) is 0 Å². The van der Waals surface area contributed by atoms with Gasteiger partial charge in [-0.1, -0.05) is 36.0 Å². The summed E-state index contributed by atoms with van der Waals surface area (Å²) >= 11 is 12.6. The van der Waals surface area contributed by atoms with E-state index in [0.717, 1.165) is 10.6 Å². The fraction of sp³-hybridized carbons (Fsp3) is 0.0714. The molecule has 0 radical (unpaired) electrons. The van der Waals surface area contributed by atoms with E-state index in [0.29, 0.717) is 16.3 Å². The van der Waals surface area contributed by atoms with E-state index >= 15 is 0 Å². The van der Waals surface area contributed by atoms with Gasteiger partial charge < -0.3 is 10.5 Å². The summed E-state index contributed by atoms with van der Waals surface area (Å²) in [5.41, 5.74) is 6.37. The van der Waals surface area contributed by atoms with Crippen molar-refractivity contribution < 1.29 is 4.74 Å². The number of hydrogen-bond acceptors (Lipinski definition) is 3. The van der Waals surface area contributed by atoms with Gasteiger partial charge in [0.25, 0.3) is 0 Å². The molecule has 0 aliphatic rings. The molecule has 2 N–H and O–H groups in total. The first kappa shape index (κ1) is 14.2. The number of halogens is 1. The summed E-state index contributed by atoms with van der Waals surface area (Å²) in [5.74, 6) is 1.33. The molecule has 0 saturated carbocycles. The summed E-state index contributed by atoms with van der Waals surface area (Å²) < 4.78 is 5.90. The standard InChI is InChI=1S/C14H12ClNOS2/c1-19-13-5-3-2-4-11(13)17-12-8-9(15)6-7-10(12)14(16)18/h2-8H,1H3,(H2,16,18). The van der Waals surface area contributed by atoms with Gasteiger partial charge in [0.2, 0.25) is 0 Å². The summed E-state index contributed by atoms with van der Waals surface area (Å²) in [6.07, 6.45) is 1.99. The third kappa shape index (κ3) is 3.41. The van der Waals surface area contributed by atoms with Crippen LogP contribution in [0, 0.1) is 0 Å². The van der Waals surface area contributed by atoms with Crippen molar-refractivity contribution in [2.45, 2.75) is 4.90 Å². The molecule has 2 rings (SSSR count). The Morgan fingerprint density at radius 2 is 1.95 bits per heavy atom. The molecule has 0 unspecified atom stereocenters. The first-order valence-corrected chi connectivity index (χ1v) is 7.53. The minimum Gasteiger partial charge on any atom is -0.455 e. The van der Waals surface area contributed by atoms with Crippen molar-refractivity contribution >= 4 is 40.6 Å². The van der Waals surface area contributed by atoms with Crippen LogP contribution >= 0.6 is 35.6 Å². The van der Waals surface area contributed by atoms with Crippen LogP contribution in [0.1, 0.15) is 5.56 Å². The number of nitrogens with two attached hydrogens (primary N) is 1. The van der Waals surface area contributed by atoms with E-state index in [1.807, 2.05) is 30.5 Å². The highest BCUT2D eigenvalue weighted by atomic mass is 35.5. The van der Waals surface area contributed by atoms with Crippen molar-refractivity contribution in [3.8, 4) is 11.5 Å². The zero-order valence-corrected chi connectivity index (χ0v) is 12.6. The molecule has 0 bridgehead atoms. The number of para-hydroxylation sites is 1. The Hall–Kier alpha value is -1.23. The Morgan fingerprint density at radius 3 is 2.63 bits per heavy atom. The highest BCUT2D eigenvalue weighted by Gasteiger charge is 2.10. The fourth-order valence-corrected chi connectivity index (χ4v) is 2.46. The zero-order chi connectivity index (χ0) is 13.8. The van der Waals surface area contributed by atoms with Gasteiger partial charge in [0.15, 0.2) is 0 Å². The number of benzene rings is 2. The molecule has 5 heteroatoms. The van der Waals surface area contributed by atoms with Gasteiger partial charge in [-0.2, -0.15) is 0 Å². The fourth-order valence-electron chi connectivity index (χ4n) is 1.61. The van der Waals surface area contributed by atoms with E-state index in [-0.39, 0.29) is 4.99 Å². The Morgan fingerprint density at radius 1 is 1.21 bits per heavy atom. The highest BCUT2D eigenvalue weighted by molar-refractivity contribution is 7.98. The molecule has 0 saturated heterocycles. The van der Waals surface area contributed by atoms with E-state index in [1.54, 1.807) is 30.0 Å². The normalized spacial score (nSPS) is 10.2. The Bertz CT molecular complexity index is 616. The third-order valence-corrected chi connectivity index (χ3v) is 3.73. The molecule has 0 spiro atoms. The number of rotatable bonds is 4. The lowest BCUT2D eigenvalue weighted by Gasteiger charge is -2.13. The largest absolute Gasteiger partial charge is 0.455 e. The predicted octanol–water partition coefficient (Wildman–Crippen LogP) is 4.49. The van der Waals surface area contributed by atoms with Crippen molar-refractivity contribution in [2.24, 2.45) is 5.73 Å². The van der Waals surface area contributed by atoms with Gasteiger partial charge in [0.05, 0.1) is 5.56 Å². The molecule has 0 amide bonds. The summed E-state index contributed by atoms with van der Waals surface area (Å²) in [5, 5.41) is 0.580. The minimum atomic E-state index is 0.285.